The summed E-state index contributed by atoms with van der Waals surface area (Å²) in [5, 5.41) is 7.52. The average molecular weight is 253 g/mol. The Morgan fingerprint density at radius 3 is 2.67 bits per heavy atom. The molecular weight excluding hydrogens is 230 g/mol. The molecule has 0 fully saturated rings. The molecule has 0 saturated heterocycles. The number of aromatic nitrogens is 2. The summed E-state index contributed by atoms with van der Waals surface area (Å²) in [6.45, 7) is 6.78. The maximum Gasteiger partial charge on any atom is 0.322 e. The lowest BCUT2D eigenvalue weighted by Crippen LogP contribution is -2.38. The highest BCUT2D eigenvalue weighted by molar-refractivity contribution is 5.75. The first-order valence-corrected chi connectivity index (χ1v) is 6.24. The Labute approximate surface area is 109 Å². The van der Waals surface area contributed by atoms with Gasteiger partial charge in [-0.05, 0) is 19.3 Å². The first-order valence-electron chi connectivity index (χ1n) is 6.24. The van der Waals surface area contributed by atoms with Gasteiger partial charge in [-0.3, -0.25) is 9.48 Å². The van der Waals surface area contributed by atoms with Gasteiger partial charge in [-0.15, -0.1) is 0 Å². The molecule has 5 nitrogen and oxygen atoms in total. The Morgan fingerprint density at radius 1 is 1.56 bits per heavy atom. The van der Waals surface area contributed by atoms with E-state index < -0.39 is 0 Å². The van der Waals surface area contributed by atoms with Crippen molar-refractivity contribution in [1.82, 2.24) is 15.1 Å². The molecule has 18 heavy (non-hydrogen) atoms. The lowest BCUT2D eigenvalue weighted by molar-refractivity contribution is -0.143. The zero-order chi connectivity index (χ0) is 13.7. The first kappa shape index (κ1) is 14.7. The largest absolute Gasteiger partial charge is 0.468 e. The highest BCUT2D eigenvalue weighted by Gasteiger charge is 2.20. The smallest absolute Gasteiger partial charge is 0.322 e. The van der Waals surface area contributed by atoms with Gasteiger partial charge < -0.3 is 10.1 Å². The summed E-state index contributed by atoms with van der Waals surface area (Å²) in [5.41, 5.74) is 2.09. The van der Waals surface area contributed by atoms with E-state index >= 15 is 0 Å². The molecule has 0 saturated carbocycles. The van der Waals surface area contributed by atoms with E-state index in [0.29, 0.717) is 12.5 Å². The Balaban J connectivity index is 2.61. The van der Waals surface area contributed by atoms with E-state index in [0.717, 1.165) is 17.7 Å². The molecule has 0 bridgehead atoms. The standard InChI is InChI=1S/C13H23N3O2/c1-9(2)6-12(13(17)18-5)14-7-11-8-16(4)15-10(11)3/h8-9,12,14H,6-7H2,1-5H3. The monoisotopic (exact) mass is 253 g/mol. The van der Waals surface area contributed by atoms with Gasteiger partial charge in [0.05, 0.1) is 12.8 Å². The van der Waals surface area contributed by atoms with Crippen molar-refractivity contribution in [3.05, 3.63) is 17.5 Å². The van der Waals surface area contributed by atoms with Gasteiger partial charge >= 0.3 is 5.97 Å². The topological polar surface area (TPSA) is 56.1 Å². The minimum absolute atomic E-state index is 0.203. The predicted molar refractivity (Wildman–Crippen MR) is 70.0 cm³/mol. The van der Waals surface area contributed by atoms with Crippen LogP contribution < -0.4 is 5.32 Å². The minimum Gasteiger partial charge on any atom is -0.468 e. The van der Waals surface area contributed by atoms with Crippen LogP contribution in [0.15, 0.2) is 6.20 Å². The maximum atomic E-state index is 11.7. The lowest BCUT2D eigenvalue weighted by Gasteiger charge is -2.18. The van der Waals surface area contributed by atoms with Crippen molar-refractivity contribution in [3.63, 3.8) is 0 Å². The molecule has 0 aliphatic carbocycles. The van der Waals surface area contributed by atoms with Crippen molar-refractivity contribution in [3.8, 4) is 0 Å². The number of methoxy groups -OCH3 is 1. The van der Waals surface area contributed by atoms with Gasteiger partial charge in [-0.1, -0.05) is 13.8 Å². The summed E-state index contributed by atoms with van der Waals surface area (Å²) in [7, 11) is 3.31. The molecule has 0 aromatic carbocycles. The summed E-state index contributed by atoms with van der Waals surface area (Å²) in [5.74, 6) is 0.238. The molecule has 1 heterocycles. The minimum atomic E-state index is -0.255. The summed E-state index contributed by atoms with van der Waals surface area (Å²) in [6.07, 6.45) is 2.73. The van der Waals surface area contributed by atoms with Crippen LogP contribution in [-0.4, -0.2) is 28.9 Å². The summed E-state index contributed by atoms with van der Waals surface area (Å²) >= 11 is 0. The molecule has 0 aliphatic heterocycles. The Hall–Kier alpha value is -1.36. The normalized spacial score (nSPS) is 12.8. The van der Waals surface area contributed by atoms with E-state index in [1.165, 1.54) is 7.11 Å². The van der Waals surface area contributed by atoms with E-state index in [-0.39, 0.29) is 12.0 Å². The fraction of sp³-hybridized carbons (Fsp3) is 0.692. The molecule has 5 heteroatoms. The second-order valence-corrected chi connectivity index (χ2v) is 5.00. The predicted octanol–water partition coefficient (Wildman–Crippen LogP) is 1.41. The molecule has 1 N–H and O–H groups in total. The van der Waals surface area contributed by atoms with Crippen molar-refractivity contribution in [2.75, 3.05) is 7.11 Å². The molecule has 0 spiro atoms. The van der Waals surface area contributed by atoms with Crippen LogP contribution in [0.1, 0.15) is 31.5 Å². The first-order chi connectivity index (χ1) is 8.43. The van der Waals surface area contributed by atoms with Gasteiger partial charge in [-0.2, -0.15) is 5.10 Å². The van der Waals surface area contributed by atoms with Gasteiger partial charge in [0.1, 0.15) is 6.04 Å². The van der Waals surface area contributed by atoms with Gasteiger partial charge in [0.25, 0.3) is 0 Å². The van der Waals surface area contributed by atoms with Crippen LogP contribution >= 0.6 is 0 Å². The van der Waals surface area contributed by atoms with E-state index in [1.54, 1.807) is 4.68 Å². The number of hydrogen-bond donors (Lipinski definition) is 1. The zero-order valence-electron chi connectivity index (χ0n) is 11.9. The number of carbonyl (C=O) groups is 1. The fourth-order valence-electron chi connectivity index (χ4n) is 1.93. The Kier molecular flexibility index (Phi) is 5.34. The highest BCUT2D eigenvalue weighted by Crippen LogP contribution is 2.09. The Morgan fingerprint density at radius 2 is 2.22 bits per heavy atom. The molecule has 1 rings (SSSR count). The fourth-order valence-corrected chi connectivity index (χ4v) is 1.93. The molecule has 1 unspecified atom stereocenters. The average Bonchev–Trinajstić information content (AvgIpc) is 2.61. The molecule has 0 amide bonds. The second-order valence-electron chi connectivity index (χ2n) is 5.00. The summed E-state index contributed by atoms with van der Waals surface area (Å²) in [6, 6.07) is -0.255. The molecule has 1 atom stereocenters. The summed E-state index contributed by atoms with van der Waals surface area (Å²) in [4.78, 5) is 11.7. The molecular formula is C13H23N3O2. The van der Waals surface area contributed by atoms with E-state index in [9.17, 15) is 4.79 Å². The van der Waals surface area contributed by atoms with Crippen LogP contribution in [0.25, 0.3) is 0 Å². The number of esters is 1. The van der Waals surface area contributed by atoms with Gasteiger partial charge in [0.15, 0.2) is 0 Å². The van der Waals surface area contributed by atoms with Crippen LogP contribution in [0.5, 0.6) is 0 Å². The van der Waals surface area contributed by atoms with Crippen LogP contribution in [0.4, 0.5) is 0 Å². The van der Waals surface area contributed by atoms with Gasteiger partial charge in [0.2, 0.25) is 0 Å². The number of ether oxygens (including phenoxy) is 1. The molecule has 1 aromatic heterocycles. The van der Waals surface area contributed by atoms with Gasteiger partial charge in [-0.25, -0.2) is 0 Å². The highest BCUT2D eigenvalue weighted by atomic mass is 16.5. The molecule has 1 aromatic rings. The van der Waals surface area contributed by atoms with Crippen LogP contribution in [0, 0.1) is 12.8 Å². The molecule has 102 valence electrons. The number of nitrogens with one attached hydrogen (secondary N) is 1. The third kappa shape index (κ3) is 4.14. The van der Waals surface area contributed by atoms with Crippen molar-refractivity contribution in [1.29, 1.82) is 0 Å². The van der Waals surface area contributed by atoms with Crippen molar-refractivity contribution in [2.24, 2.45) is 13.0 Å². The van der Waals surface area contributed by atoms with E-state index in [1.807, 2.05) is 20.2 Å². The molecule has 0 aliphatic rings. The number of aryl methyl sites for hydroxylation is 2. The maximum absolute atomic E-state index is 11.7. The lowest BCUT2D eigenvalue weighted by atomic mass is 10.0. The zero-order valence-corrected chi connectivity index (χ0v) is 11.9. The van der Waals surface area contributed by atoms with Crippen molar-refractivity contribution >= 4 is 5.97 Å². The second kappa shape index (κ2) is 6.54. The third-order valence-electron chi connectivity index (χ3n) is 2.85. The summed E-state index contributed by atoms with van der Waals surface area (Å²) < 4.78 is 6.59. The van der Waals surface area contributed by atoms with Crippen molar-refractivity contribution in [2.45, 2.75) is 39.8 Å². The third-order valence-corrected chi connectivity index (χ3v) is 2.85. The van der Waals surface area contributed by atoms with E-state index in [2.05, 4.69) is 24.3 Å². The number of nitrogens with zero attached hydrogens (tertiary/aromatic N) is 2. The number of hydrogen-bond acceptors (Lipinski definition) is 4. The van der Waals surface area contributed by atoms with E-state index in [4.69, 9.17) is 4.74 Å². The van der Waals surface area contributed by atoms with Crippen LogP contribution in [0.2, 0.25) is 0 Å². The quantitative estimate of drug-likeness (QED) is 0.779. The number of rotatable bonds is 6. The SMILES string of the molecule is COC(=O)C(CC(C)C)NCc1cn(C)nc1C. The molecule has 0 radical (unpaired) electrons. The van der Waals surface area contributed by atoms with Gasteiger partial charge in [0, 0.05) is 25.4 Å². The Bertz CT molecular complexity index is 399. The number of carbonyl (C=O) groups excluding carboxylic acids is 1. The van der Waals surface area contributed by atoms with Crippen molar-refractivity contribution < 1.29 is 9.53 Å². The van der Waals surface area contributed by atoms with Crippen LogP contribution in [0.3, 0.4) is 0 Å². The van der Waals surface area contributed by atoms with Crippen LogP contribution in [-0.2, 0) is 23.1 Å².